The maximum atomic E-state index is 12.8. The number of benzene rings is 2. The Labute approximate surface area is 173 Å². The molecule has 0 bridgehead atoms. The quantitative estimate of drug-likeness (QED) is 0.738. The first kappa shape index (κ1) is 19.0. The molecule has 0 spiro atoms. The third-order valence-corrected chi connectivity index (χ3v) is 6.30. The van der Waals surface area contributed by atoms with Crippen molar-refractivity contribution >= 4 is 39.1 Å². The lowest BCUT2D eigenvalue weighted by Gasteiger charge is -2.27. The van der Waals surface area contributed by atoms with Gasteiger partial charge in [0.15, 0.2) is 0 Å². The van der Waals surface area contributed by atoms with Crippen molar-refractivity contribution in [2.24, 2.45) is 5.92 Å². The number of anilines is 2. The fourth-order valence-corrected chi connectivity index (χ4v) is 4.59. The molecule has 5 nitrogen and oxygen atoms in total. The molecule has 1 atom stereocenters. The standard InChI is InChI=1S/C22H24BrN3O2/c1-25-11-4-5-16-13-15(8-9-19(16)25)14-24-21(27)17-10-12-26(22(17)28)20-7-3-2-6-18(20)23/h2-3,6-9,13,17H,4-5,10-12,14H2,1H3,(H,24,27)/t17-/m0/s1. The molecule has 2 aliphatic heterocycles. The molecule has 0 aromatic heterocycles. The van der Waals surface area contributed by atoms with Gasteiger partial charge < -0.3 is 15.1 Å². The summed E-state index contributed by atoms with van der Waals surface area (Å²) in [4.78, 5) is 29.4. The SMILES string of the molecule is CN1CCCc2cc(CNC(=O)[C@@H]3CCN(c4ccccc4Br)C3=O)ccc21. The van der Waals surface area contributed by atoms with Crippen LogP contribution in [0.15, 0.2) is 46.9 Å². The van der Waals surface area contributed by atoms with Gasteiger partial charge in [-0.3, -0.25) is 9.59 Å². The second kappa shape index (κ2) is 7.95. The lowest BCUT2D eigenvalue weighted by atomic mass is 9.99. The number of hydrogen-bond donors (Lipinski definition) is 1. The van der Waals surface area contributed by atoms with E-state index in [4.69, 9.17) is 0 Å². The molecule has 4 rings (SSSR count). The number of hydrogen-bond acceptors (Lipinski definition) is 3. The summed E-state index contributed by atoms with van der Waals surface area (Å²) < 4.78 is 0.864. The topological polar surface area (TPSA) is 52.7 Å². The van der Waals surface area contributed by atoms with Gasteiger partial charge in [-0.15, -0.1) is 0 Å². The number of nitrogens with one attached hydrogen (secondary N) is 1. The average Bonchev–Trinajstić information content (AvgIpc) is 3.08. The molecule has 2 heterocycles. The molecule has 1 N–H and O–H groups in total. The van der Waals surface area contributed by atoms with Gasteiger partial charge in [0.05, 0.1) is 5.69 Å². The lowest BCUT2D eigenvalue weighted by Crippen LogP contribution is -2.36. The number of para-hydroxylation sites is 1. The summed E-state index contributed by atoms with van der Waals surface area (Å²) in [6.45, 7) is 2.10. The monoisotopic (exact) mass is 441 g/mol. The van der Waals surface area contributed by atoms with E-state index in [-0.39, 0.29) is 11.8 Å². The first-order valence-electron chi connectivity index (χ1n) is 9.71. The van der Waals surface area contributed by atoms with Crippen LogP contribution >= 0.6 is 15.9 Å². The minimum Gasteiger partial charge on any atom is -0.374 e. The van der Waals surface area contributed by atoms with Gasteiger partial charge in [-0.25, -0.2) is 0 Å². The third kappa shape index (κ3) is 3.65. The maximum absolute atomic E-state index is 12.8. The van der Waals surface area contributed by atoms with Crippen LogP contribution in [0.1, 0.15) is 24.0 Å². The smallest absolute Gasteiger partial charge is 0.239 e. The van der Waals surface area contributed by atoms with Gasteiger partial charge in [0.25, 0.3) is 0 Å². The lowest BCUT2D eigenvalue weighted by molar-refractivity contribution is -0.132. The first-order valence-corrected chi connectivity index (χ1v) is 10.5. The zero-order valence-corrected chi connectivity index (χ0v) is 17.5. The molecule has 0 saturated carbocycles. The minimum absolute atomic E-state index is 0.128. The van der Waals surface area contributed by atoms with Crippen LogP contribution in [0.3, 0.4) is 0 Å². The number of rotatable bonds is 4. The molecule has 28 heavy (non-hydrogen) atoms. The van der Waals surface area contributed by atoms with Crippen molar-refractivity contribution in [1.29, 1.82) is 0 Å². The van der Waals surface area contributed by atoms with Gasteiger partial charge in [0.2, 0.25) is 11.8 Å². The van der Waals surface area contributed by atoms with Crippen LogP contribution in [-0.2, 0) is 22.6 Å². The molecular formula is C22H24BrN3O2. The van der Waals surface area contributed by atoms with Crippen LogP contribution in [0.5, 0.6) is 0 Å². The van der Waals surface area contributed by atoms with E-state index in [0.29, 0.717) is 19.5 Å². The zero-order chi connectivity index (χ0) is 19.7. The van der Waals surface area contributed by atoms with Crippen LogP contribution in [-0.4, -0.2) is 32.0 Å². The fourth-order valence-electron chi connectivity index (χ4n) is 4.09. The van der Waals surface area contributed by atoms with Crippen molar-refractivity contribution in [3.8, 4) is 0 Å². The summed E-state index contributed by atoms with van der Waals surface area (Å²) in [6, 6.07) is 14.0. The number of aryl methyl sites for hydroxylation is 1. The van der Waals surface area contributed by atoms with Gasteiger partial charge in [-0.05, 0) is 64.5 Å². The van der Waals surface area contributed by atoms with Crippen molar-refractivity contribution in [3.63, 3.8) is 0 Å². The first-order chi connectivity index (χ1) is 13.5. The summed E-state index contributed by atoms with van der Waals surface area (Å²) in [6.07, 6.45) is 2.77. The van der Waals surface area contributed by atoms with Crippen molar-refractivity contribution in [2.45, 2.75) is 25.8 Å². The second-order valence-electron chi connectivity index (χ2n) is 7.49. The predicted octanol–water partition coefficient (Wildman–Crippen LogP) is 3.50. The number of fused-ring (bicyclic) bond motifs is 1. The molecule has 1 saturated heterocycles. The molecule has 146 valence electrons. The van der Waals surface area contributed by atoms with Crippen molar-refractivity contribution < 1.29 is 9.59 Å². The molecule has 2 amide bonds. The molecule has 0 radical (unpaired) electrons. The largest absolute Gasteiger partial charge is 0.374 e. The number of amides is 2. The Bertz CT molecular complexity index is 914. The van der Waals surface area contributed by atoms with Crippen LogP contribution in [0, 0.1) is 5.92 Å². The summed E-state index contributed by atoms with van der Waals surface area (Å²) in [5.41, 5.74) is 4.51. The molecule has 2 aromatic carbocycles. The Morgan fingerprint density at radius 1 is 1.18 bits per heavy atom. The molecule has 2 aliphatic rings. The van der Waals surface area contributed by atoms with E-state index in [1.165, 1.54) is 11.3 Å². The van der Waals surface area contributed by atoms with E-state index in [2.05, 4.69) is 51.4 Å². The highest BCUT2D eigenvalue weighted by molar-refractivity contribution is 9.10. The third-order valence-electron chi connectivity index (χ3n) is 5.63. The van der Waals surface area contributed by atoms with Gasteiger partial charge in [-0.2, -0.15) is 0 Å². The van der Waals surface area contributed by atoms with E-state index in [1.54, 1.807) is 4.90 Å². The summed E-state index contributed by atoms with van der Waals surface area (Å²) in [5, 5.41) is 2.96. The normalized spacial score (nSPS) is 18.9. The average molecular weight is 442 g/mol. The van der Waals surface area contributed by atoms with Crippen molar-refractivity contribution in [3.05, 3.63) is 58.1 Å². The zero-order valence-electron chi connectivity index (χ0n) is 16.0. The summed E-state index contributed by atoms with van der Waals surface area (Å²) in [5.74, 6) is -0.929. The maximum Gasteiger partial charge on any atom is 0.239 e. The molecule has 1 fully saturated rings. The molecule has 0 unspecified atom stereocenters. The molecular weight excluding hydrogens is 418 g/mol. The highest BCUT2D eigenvalue weighted by atomic mass is 79.9. The fraction of sp³-hybridized carbons (Fsp3) is 0.364. The summed E-state index contributed by atoms with van der Waals surface area (Å²) in [7, 11) is 2.11. The Morgan fingerprint density at radius 2 is 2.00 bits per heavy atom. The molecule has 6 heteroatoms. The molecule has 0 aliphatic carbocycles. The van der Waals surface area contributed by atoms with E-state index < -0.39 is 5.92 Å². The minimum atomic E-state index is -0.615. The second-order valence-corrected chi connectivity index (χ2v) is 8.34. The van der Waals surface area contributed by atoms with Crippen molar-refractivity contribution in [2.75, 3.05) is 29.9 Å². The van der Waals surface area contributed by atoms with E-state index in [1.807, 2.05) is 24.3 Å². The van der Waals surface area contributed by atoms with Crippen LogP contribution in [0.2, 0.25) is 0 Å². The van der Waals surface area contributed by atoms with E-state index >= 15 is 0 Å². The van der Waals surface area contributed by atoms with Gasteiger partial charge in [0.1, 0.15) is 5.92 Å². The van der Waals surface area contributed by atoms with Crippen LogP contribution in [0.4, 0.5) is 11.4 Å². The van der Waals surface area contributed by atoms with E-state index in [0.717, 1.165) is 35.1 Å². The van der Waals surface area contributed by atoms with Gasteiger partial charge >= 0.3 is 0 Å². The van der Waals surface area contributed by atoms with Gasteiger partial charge in [0, 0.05) is 36.8 Å². The number of nitrogens with zero attached hydrogens (tertiary/aromatic N) is 2. The Morgan fingerprint density at radius 3 is 2.82 bits per heavy atom. The van der Waals surface area contributed by atoms with E-state index in [9.17, 15) is 9.59 Å². The Balaban J connectivity index is 1.39. The highest BCUT2D eigenvalue weighted by Crippen LogP contribution is 2.31. The summed E-state index contributed by atoms with van der Waals surface area (Å²) >= 11 is 3.49. The number of carbonyl (C=O) groups excluding carboxylic acids is 2. The van der Waals surface area contributed by atoms with Gasteiger partial charge in [-0.1, -0.05) is 24.3 Å². The van der Waals surface area contributed by atoms with Crippen LogP contribution in [0.25, 0.3) is 0 Å². The van der Waals surface area contributed by atoms with Crippen LogP contribution < -0.4 is 15.1 Å². The predicted molar refractivity (Wildman–Crippen MR) is 114 cm³/mol. The Kier molecular flexibility index (Phi) is 5.40. The Hall–Kier alpha value is -2.34. The van der Waals surface area contributed by atoms with Crippen molar-refractivity contribution in [1.82, 2.24) is 5.32 Å². The number of halogens is 1. The molecule has 2 aromatic rings. The number of carbonyl (C=O) groups is 2. The highest BCUT2D eigenvalue weighted by Gasteiger charge is 2.38.